The van der Waals surface area contributed by atoms with Gasteiger partial charge in [-0.3, -0.25) is 4.79 Å². The van der Waals surface area contributed by atoms with E-state index in [0.717, 1.165) is 0 Å². The van der Waals surface area contributed by atoms with Gasteiger partial charge in [-0.05, 0) is 26.0 Å². The van der Waals surface area contributed by atoms with Crippen LogP contribution in [0.25, 0.3) is 0 Å². The first-order valence-electron chi connectivity index (χ1n) is 5.66. The molecule has 1 aromatic rings. The number of para-hydroxylation sites is 1. The molecular weight excluding hydrogens is 232 g/mol. The van der Waals surface area contributed by atoms with Gasteiger partial charge in [0.2, 0.25) is 0 Å². The van der Waals surface area contributed by atoms with E-state index >= 15 is 0 Å². The highest BCUT2D eigenvalue weighted by Gasteiger charge is 2.16. The number of amides is 1. The van der Waals surface area contributed by atoms with E-state index in [1.54, 1.807) is 38.1 Å². The van der Waals surface area contributed by atoms with Crippen molar-refractivity contribution in [1.29, 1.82) is 5.26 Å². The van der Waals surface area contributed by atoms with E-state index in [4.69, 9.17) is 15.1 Å². The van der Waals surface area contributed by atoms with Crippen molar-refractivity contribution in [2.24, 2.45) is 0 Å². The second kappa shape index (κ2) is 6.62. The lowest BCUT2D eigenvalue weighted by molar-refractivity contribution is -0.127. The molecule has 0 bridgehead atoms. The minimum atomic E-state index is -0.724. The number of ether oxygens (including phenoxy) is 1. The van der Waals surface area contributed by atoms with Crippen molar-refractivity contribution in [1.82, 2.24) is 5.32 Å². The van der Waals surface area contributed by atoms with Gasteiger partial charge >= 0.3 is 0 Å². The number of hydrogen-bond acceptors (Lipinski definition) is 4. The molecule has 2 N–H and O–H groups in total. The first-order valence-corrected chi connectivity index (χ1v) is 5.66. The monoisotopic (exact) mass is 248 g/mol. The van der Waals surface area contributed by atoms with Gasteiger partial charge in [0.1, 0.15) is 11.8 Å². The lowest BCUT2D eigenvalue weighted by atomic mass is 10.2. The van der Waals surface area contributed by atoms with Crippen LogP contribution in [-0.2, 0) is 4.79 Å². The Kier molecular flexibility index (Phi) is 5.15. The van der Waals surface area contributed by atoms with Gasteiger partial charge in [-0.15, -0.1) is 0 Å². The highest BCUT2D eigenvalue weighted by atomic mass is 16.5. The van der Waals surface area contributed by atoms with Gasteiger partial charge in [0.25, 0.3) is 5.91 Å². The average Bonchev–Trinajstić information content (AvgIpc) is 2.36. The van der Waals surface area contributed by atoms with Crippen LogP contribution >= 0.6 is 0 Å². The fraction of sp³-hybridized carbons (Fsp3) is 0.385. The first kappa shape index (κ1) is 14.0. The SMILES string of the molecule is CC(O)CNC(=O)C(C)Oc1ccccc1C#N. The smallest absolute Gasteiger partial charge is 0.260 e. The van der Waals surface area contributed by atoms with Gasteiger partial charge in [0, 0.05) is 6.54 Å². The van der Waals surface area contributed by atoms with Crippen molar-refractivity contribution < 1.29 is 14.6 Å². The number of aliphatic hydroxyl groups is 1. The Labute approximate surface area is 106 Å². The Bertz CT molecular complexity index is 452. The van der Waals surface area contributed by atoms with Crippen molar-refractivity contribution in [2.75, 3.05) is 6.54 Å². The van der Waals surface area contributed by atoms with Gasteiger partial charge < -0.3 is 15.2 Å². The molecule has 2 atom stereocenters. The van der Waals surface area contributed by atoms with Crippen LogP contribution in [0.5, 0.6) is 5.75 Å². The molecule has 1 amide bonds. The Hall–Kier alpha value is -2.06. The number of nitriles is 1. The van der Waals surface area contributed by atoms with E-state index in [1.165, 1.54) is 0 Å². The molecule has 5 nitrogen and oxygen atoms in total. The van der Waals surface area contributed by atoms with Crippen LogP contribution in [0.4, 0.5) is 0 Å². The van der Waals surface area contributed by atoms with Crippen molar-refractivity contribution in [3.05, 3.63) is 29.8 Å². The van der Waals surface area contributed by atoms with Crippen LogP contribution < -0.4 is 10.1 Å². The lowest BCUT2D eigenvalue weighted by Gasteiger charge is -2.16. The van der Waals surface area contributed by atoms with E-state index in [2.05, 4.69) is 5.32 Å². The summed E-state index contributed by atoms with van der Waals surface area (Å²) in [6.45, 7) is 3.34. The van der Waals surface area contributed by atoms with Gasteiger partial charge in [0.05, 0.1) is 11.7 Å². The molecule has 0 fully saturated rings. The van der Waals surface area contributed by atoms with E-state index < -0.39 is 12.2 Å². The molecule has 2 unspecified atom stereocenters. The number of carbonyl (C=O) groups is 1. The summed E-state index contributed by atoms with van der Waals surface area (Å²) in [4.78, 5) is 11.6. The Balaban J connectivity index is 2.61. The lowest BCUT2D eigenvalue weighted by Crippen LogP contribution is -2.39. The Morgan fingerprint density at radius 2 is 2.17 bits per heavy atom. The zero-order valence-electron chi connectivity index (χ0n) is 10.4. The van der Waals surface area contributed by atoms with Crippen LogP contribution in [0.15, 0.2) is 24.3 Å². The van der Waals surface area contributed by atoms with E-state index in [-0.39, 0.29) is 12.5 Å². The van der Waals surface area contributed by atoms with Gasteiger partial charge in [-0.25, -0.2) is 0 Å². The van der Waals surface area contributed by atoms with Crippen LogP contribution in [0.2, 0.25) is 0 Å². The quantitative estimate of drug-likeness (QED) is 0.808. The van der Waals surface area contributed by atoms with Crippen LogP contribution in [0.1, 0.15) is 19.4 Å². The number of benzene rings is 1. The highest BCUT2D eigenvalue weighted by Crippen LogP contribution is 2.17. The van der Waals surface area contributed by atoms with E-state index in [0.29, 0.717) is 11.3 Å². The third kappa shape index (κ3) is 4.07. The minimum absolute atomic E-state index is 0.173. The third-order valence-corrected chi connectivity index (χ3v) is 2.25. The Morgan fingerprint density at radius 3 is 2.78 bits per heavy atom. The molecule has 0 aromatic heterocycles. The maximum Gasteiger partial charge on any atom is 0.260 e. The van der Waals surface area contributed by atoms with Crippen LogP contribution in [-0.4, -0.2) is 29.8 Å². The molecule has 0 aliphatic rings. The van der Waals surface area contributed by atoms with E-state index in [9.17, 15) is 4.79 Å². The van der Waals surface area contributed by atoms with E-state index in [1.807, 2.05) is 6.07 Å². The molecule has 0 saturated carbocycles. The molecule has 96 valence electrons. The zero-order chi connectivity index (χ0) is 13.5. The van der Waals surface area contributed by atoms with Crippen molar-refractivity contribution in [3.8, 4) is 11.8 Å². The Morgan fingerprint density at radius 1 is 1.50 bits per heavy atom. The summed E-state index contributed by atoms with van der Waals surface area (Å²) in [6, 6.07) is 8.71. The number of nitrogens with zero attached hydrogens (tertiary/aromatic N) is 1. The number of carbonyl (C=O) groups excluding carboxylic acids is 1. The second-order valence-electron chi connectivity index (χ2n) is 3.96. The topological polar surface area (TPSA) is 82.3 Å². The summed E-state index contributed by atoms with van der Waals surface area (Å²) in [7, 11) is 0. The number of hydrogen-bond donors (Lipinski definition) is 2. The molecular formula is C13H16N2O3. The molecule has 0 aliphatic carbocycles. The first-order chi connectivity index (χ1) is 8.54. The summed E-state index contributed by atoms with van der Waals surface area (Å²) < 4.78 is 5.41. The second-order valence-corrected chi connectivity index (χ2v) is 3.96. The molecule has 0 saturated heterocycles. The van der Waals surface area contributed by atoms with Crippen molar-refractivity contribution >= 4 is 5.91 Å². The maximum atomic E-state index is 11.6. The summed E-state index contributed by atoms with van der Waals surface area (Å²) >= 11 is 0. The molecule has 0 spiro atoms. The molecule has 0 radical (unpaired) electrons. The van der Waals surface area contributed by atoms with Crippen LogP contribution in [0.3, 0.4) is 0 Å². The summed E-state index contributed by atoms with van der Waals surface area (Å²) in [5, 5.41) is 20.5. The number of nitrogens with one attached hydrogen (secondary N) is 1. The molecule has 18 heavy (non-hydrogen) atoms. The van der Waals surface area contributed by atoms with Crippen LogP contribution in [0, 0.1) is 11.3 Å². The number of rotatable bonds is 5. The number of aliphatic hydroxyl groups excluding tert-OH is 1. The minimum Gasteiger partial charge on any atom is -0.480 e. The molecule has 1 rings (SSSR count). The predicted molar refractivity (Wildman–Crippen MR) is 65.9 cm³/mol. The van der Waals surface area contributed by atoms with Crippen molar-refractivity contribution in [2.45, 2.75) is 26.1 Å². The van der Waals surface area contributed by atoms with Gasteiger partial charge in [-0.2, -0.15) is 5.26 Å². The highest BCUT2D eigenvalue weighted by molar-refractivity contribution is 5.80. The standard InChI is InChI=1S/C13H16N2O3/c1-9(16)8-15-13(17)10(2)18-12-6-4-3-5-11(12)7-14/h3-6,9-10,16H,8H2,1-2H3,(H,15,17). The largest absolute Gasteiger partial charge is 0.480 e. The molecule has 0 heterocycles. The predicted octanol–water partition coefficient (Wildman–Crippen LogP) is 0.823. The fourth-order valence-corrected chi connectivity index (χ4v) is 1.30. The van der Waals surface area contributed by atoms with Crippen molar-refractivity contribution in [3.63, 3.8) is 0 Å². The summed E-state index contributed by atoms with van der Waals surface area (Å²) in [6.07, 6.45) is -1.33. The summed E-state index contributed by atoms with van der Waals surface area (Å²) in [5.74, 6) is 0.0448. The normalized spacial score (nSPS) is 13.2. The maximum absolute atomic E-state index is 11.6. The third-order valence-electron chi connectivity index (χ3n) is 2.25. The fourth-order valence-electron chi connectivity index (χ4n) is 1.30. The molecule has 0 aliphatic heterocycles. The summed E-state index contributed by atoms with van der Waals surface area (Å²) in [5.41, 5.74) is 0.382. The molecule has 5 heteroatoms. The van der Waals surface area contributed by atoms with Gasteiger partial charge in [-0.1, -0.05) is 12.1 Å². The zero-order valence-corrected chi connectivity index (χ0v) is 10.4. The average molecular weight is 248 g/mol. The molecule has 1 aromatic carbocycles. The van der Waals surface area contributed by atoms with Gasteiger partial charge in [0.15, 0.2) is 6.10 Å².